The topological polar surface area (TPSA) is 68.8 Å². The summed E-state index contributed by atoms with van der Waals surface area (Å²) in [5.74, 6) is 1.87. The fourth-order valence-corrected chi connectivity index (χ4v) is 1.37. The van der Waals surface area contributed by atoms with Crippen LogP contribution in [0.4, 0.5) is 0 Å². The molecule has 1 atom stereocenters. The van der Waals surface area contributed by atoms with Crippen molar-refractivity contribution in [2.75, 3.05) is 7.05 Å². The third-order valence-corrected chi connectivity index (χ3v) is 2.46. The summed E-state index contributed by atoms with van der Waals surface area (Å²) in [4.78, 5) is 8.46. The van der Waals surface area contributed by atoms with Gasteiger partial charge >= 0.3 is 0 Å². The van der Waals surface area contributed by atoms with Gasteiger partial charge in [-0.05, 0) is 14.0 Å². The van der Waals surface area contributed by atoms with Crippen molar-refractivity contribution in [2.24, 2.45) is 7.05 Å². The quantitative estimate of drug-likeness (QED) is 0.819. The molecule has 2 aromatic rings. The number of rotatable bonds is 4. The lowest BCUT2D eigenvalue weighted by Crippen LogP contribution is -2.23. The van der Waals surface area contributed by atoms with Crippen molar-refractivity contribution in [1.82, 2.24) is 25.0 Å². The van der Waals surface area contributed by atoms with E-state index in [1.807, 2.05) is 24.9 Å². The van der Waals surface area contributed by atoms with Crippen molar-refractivity contribution in [3.63, 3.8) is 0 Å². The Labute approximate surface area is 93.7 Å². The normalized spacial score (nSPS) is 12.9. The fourth-order valence-electron chi connectivity index (χ4n) is 1.37. The molecule has 0 saturated heterocycles. The van der Waals surface area contributed by atoms with Gasteiger partial charge in [-0.3, -0.25) is 0 Å². The smallest absolute Gasteiger partial charge is 0.238 e. The van der Waals surface area contributed by atoms with Crippen LogP contribution >= 0.6 is 0 Å². The highest BCUT2D eigenvalue weighted by Gasteiger charge is 2.13. The number of nitrogens with one attached hydrogen (secondary N) is 1. The van der Waals surface area contributed by atoms with Crippen LogP contribution in [0.25, 0.3) is 11.6 Å². The van der Waals surface area contributed by atoms with Crippen molar-refractivity contribution in [3.8, 4) is 11.6 Å². The zero-order chi connectivity index (χ0) is 11.5. The molecule has 1 N–H and O–H groups in total. The molecule has 16 heavy (non-hydrogen) atoms. The molecule has 0 spiro atoms. The SMILES string of the molecule is CNC(C)Cc1nc(-c2nccn2C)no1. The van der Waals surface area contributed by atoms with E-state index in [1.165, 1.54) is 0 Å². The number of nitrogens with zero attached hydrogens (tertiary/aromatic N) is 4. The molecule has 2 rings (SSSR count). The Morgan fingerprint density at radius 3 is 3.00 bits per heavy atom. The molecule has 0 aromatic carbocycles. The lowest BCUT2D eigenvalue weighted by Gasteiger charge is -2.04. The summed E-state index contributed by atoms with van der Waals surface area (Å²) in [5, 5.41) is 7.03. The van der Waals surface area contributed by atoms with Gasteiger partial charge in [0.25, 0.3) is 0 Å². The fraction of sp³-hybridized carbons (Fsp3) is 0.500. The maximum Gasteiger partial charge on any atom is 0.238 e. The zero-order valence-electron chi connectivity index (χ0n) is 9.64. The maximum atomic E-state index is 5.16. The molecule has 0 radical (unpaired) electrons. The Kier molecular flexibility index (Phi) is 3.00. The number of hydrogen-bond donors (Lipinski definition) is 1. The van der Waals surface area contributed by atoms with E-state index in [0.717, 1.165) is 0 Å². The minimum atomic E-state index is 0.315. The summed E-state index contributed by atoms with van der Waals surface area (Å²) < 4.78 is 7.02. The standard InChI is InChI=1S/C10H15N5O/c1-7(11-2)6-8-13-9(14-16-8)10-12-4-5-15(10)3/h4-5,7,11H,6H2,1-3H3. The Hall–Kier alpha value is -1.69. The van der Waals surface area contributed by atoms with E-state index in [2.05, 4.69) is 27.4 Å². The first-order valence-electron chi connectivity index (χ1n) is 5.18. The Morgan fingerprint density at radius 2 is 2.38 bits per heavy atom. The van der Waals surface area contributed by atoms with E-state index in [1.54, 1.807) is 6.20 Å². The van der Waals surface area contributed by atoms with Crippen LogP contribution < -0.4 is 5.32 Å². The second-order valence-electron chi connectivity index (χ2n) is 3.77. The van der Waals surface area contributed by atoms with Crippen molar-refractivity contribution in [1.29, 1.82) is 0 Å². The predicted octanol–water partition coefficient (Wildman–Crippen LogP) is 0.620. The number of imidazole rings is 1. The van der Waals surface area contributed by atoms with Crippen LogP contribution in [-0.2, 0) is 13.5 Å². The molecule has 0 bridgehead atoms. The van der Waals surface area contributed by atoms with Gasteiger partial charge < -0.3 is 14.4 Å². The number of hydrogen-bond acceptors (Lipinski definition) is 5. The van der Waals surface area contributed by atoms with Gasteiger partial charge in [-0.2, -0.15) is 4.98 Å². The van der Waals surface area contributed by atoms with E-state index < -0.39 is 0 Å². The number of likely N-dealkylation sites (N-methyl/N-ethyl adjacent to an activating group) is 1. The Balaban J connectivity index is 2.17. The molecule has 0 aliphatic heterocycles. The lowest BCUT2D eigenvalue weighted by molar-refractivity contribution is 0.365. The first-order valence-corrected chi connectivity index (χ1v) is 5.18. The van der Waals surface area contributed by atoms with Gasteiger partial charge in [-0.15, -0.1) is 0 Å². The van der Waals surface area contributed by atoms with Gasteiger partial charge in [0.1, 0.15) is 0 Å². The largest absolute Gasteiger partial charge is 0.339 e. The first-order chi connectivity index (χ1) is 7.70. The van der Waals surface area contributed by atoms with E-state index in [-0.39, 0.29) is 0 Å². The third kappa shape index (κ3) is 2.11. The second-order valence-corrected chi connectivity index (χ2v) is 3.77. The lowest BCUT2D eigenvalue weighted by atomic mass is 10.2. The highest BCUT2D eigenvalue weighted by atomic mass is 16.5. The Bertz CT molecular complexity index is 461. The molecule has 1 unspecified atom stereocenters. The van der Waals surface area contributed by atoms with Gasteiger partial charge in [0, 0.05) is 31.9 Å². The number of aryl methyl sites for hydroxylation is 1. The van der Waals surface area contributed by atoms with Gasteiger partial charge in [-0.25, -0.2) is 4.98 Å². The summed E-state index contributed by atoms with van der Waals surface area (Å²) in [5.41, 5.74) is 0. The van der Waals surface area contributed by atoms with E-state index >= 15 is 0 Å². The molecular formula is C10H15N5O. The third-order valence-electron chi connectivity index (χ3n) is 2.46. The molecule has 0 amide bonds. The molecule has 0 aliphatic rings. The molecular weight excluding hydrogens is 206 g/mol. The van der Waals surface area contributed by atoms with Crippen LogP contribution in [0, 0.1) is 0 Å². The van der Waals surface area contributed by atoms with Crippen molar-refractivity contribution in [3.05, 3.63) is 18.3 Å². The van der Waals surface area contributed by atoms with Crippen LogP contribution in [0.5, 0.6) is 0 Å². The van der Waals surface area contributed by atoms with Crippen LogP contribution in [0.15, 0.2) is 16.9 Å². The van der Waals surface area contributed by atoms with Gasteiger partial charge in [0.05, 0.1) is 0 Å². The van der Waals surface area contributed by atoms with E-state index in [0.29, 0.717) is 30.0 Å². The van der Waals surface area contributed by atoms with Gasteiger partial charge in [0.2, 0.25) is 11.7 Å². The van der Waals surface area contributed by atoms with Crippen LogP contribution in [0.3, 0.4) is 0 Å². The van der Waals surface area contributed by atoms with Crippen molar-refractivity contribution >= 4 is 0 Å². The van der Waals surface area contributed by atoms with Gasteiger partial charge in [-0.1, -0.05) is 5.16 Å². The molecule has 0 aliphatic carbocycles. The average Bonchev–Trinajstić information content (AvgIpc) is 2.86. The summed E-state index contributed by atoms with van der Waals surface area (Å²) >= 11 is 0. The van der Waals surface area contributed by atoms with Crippen molar-refractivity contribution < 1.29 is 4.52 Å². The molecule has 86 valence electrons. The molecule has 2 heterocycles. The predicted molar refractivity (Wildman–Crippen MR) is 58.7 cm³/mol. The minimum Gasteiger partial charge on any atom is -0.339 e. The second kappa shape index (κ2) is 4.44. The minimum absolute atomic E-state index is 0.315. The summed E-state index contributed by atoms with van der Waals surface area (Å²) in [6.07, 6.45) is 4.27. The monoisotopic (exact) mass is 221 g/mol. The molecule has 0 fully saturated rings. The number of aromatic nitrogens is 4. The highest BCUT2D eigenvalue weighted by Crippen LogP contribution is 2.12. The first kappa shape index (κ1) is 10.8. The molecule has 6 nitrogen and oxygen atoms in total. The molecule has 6 heteroatoms. The summed E-state index contributed by atoms with van der Waals surface area (Å²) in [6, 6.07) is 0.315. The maximum absolute atomic E-state index is 5.16. The van der Waals surface area contributed by atoms with Crippen LogP contribution in [0.2, 0.25) is 0 Å². The average molecular weight is 221 g/mol. The summed E-state index contributed by atoms with van der Waals surface area (Å²) in [7, 11) is 3.80. The molecule has 2 aromatic heterocycles. The van der Waals surface area contributed by atoms with Crippen LogP contribution in [0.1, 0.15) is 12.8 Å². The van der Waals surface area contributed by atoms with Gasteiger partial charge in [0.15, 0.2) is 5.82 Å². The summed E-state index contributed by atoms with van der Waals surface area (Å²) in [6.45, 7) is 2.06. The van der Waals surface area contributed by atoms with Crippen LogP contribution in [-0.4, -0.2) is 32.8 Å². The molecule has 0 saturated carbocycles. The van der Waals surface area contributed by atoms with E-state index in [4.69, 9.17) is 4.52 Å². The van der Waals surface area contributed by atoms with E-state index in [9.17, 15) is 0 Å². The Morgan fingerprint density at radius 1 is 1.56 bits per heavy atom. The zero-order valence-corrected chi connectivity index (χ0v) is 9.64. The highest BCUT2D eigenvalue weighted by molar-refractivity contribution is 5.42. The van der Waals surface area contributed by atoms with Crippen molar-refractivity contribution in [2.45, 2.75) is 19.4 Å².